The van der Waals surface area contributed by atoms with E-state index < -0.39 is 17.9 Å². The zero-order valence-corrected chi connectivity index (χ0v) is 14.0. The SMILES string of the molecule is C=C1CCC(N2C(=O)c3cccc4cc(CC)cc(c34)C2=O)C(=O)N1. The normalized spacial score (nSPS) is 20.2. The summed E-state index contributed by atoms with van der Waals surface area (Å²) in [6.07, 6.45) is 1.75. The van der Waals surface area contributed by atoms with Gasteiger partial charge in [-0.3, -0.25) is 19.3 Å². The lowest BCUT2D eigenvalue weighted by atomic mass is 9.89. The summed E-state index contributed by atoms with van der Waals surface area (Å²) in [5, 5.41) is 4.23. The zero-order chi connectivity index (χ0) is 17.7. The minimum atomic E-state index is -0.792. The maximum absolute atomic E-state index is 13.1. The van der Waals surface area contributed by atoms with Crippen molar-refractivity contribution in [3.05, 3.63) is 59.3 Å². The molecule has 2 aliphatic rings. The molecule has 2 aromatic rings. The van der Waals surface area contributed by atoms with Crippen LogP contribution in [0.3, 0.4) is 0 Å². The van der Waals surface area contributed by atoms with E-state index in [4.69, 9.17) is 0 Å². The van der Waals surface area contributed by atoms with Crippen LogP contribution in [0.5, 0.6) is 0 Å². The summed E-state index contributed by atoms with van der Waals surface area (Å²) in [7, 11) is 0. The zero-order valence-electron chi connectivity index (χ0n) is 14.0. The van der Waals surface area contributed by atoms with E-state index >= 15 is 0 Å². The monoisotopic (exact) mass is 334 g/mol. The number of benzene rings is 2. The van der Waals surface area contributed by atoms with E-state index in [1.165, 1.54) is 0 Å². The largest absolute Gasteiger partial charge is 0.329 e. The third-order valence-corrected chi connectivity index (χ3v) is 4.98. The van der Waals surface area contributed by atoms with Crippen LogP contribution < -0.4 is 5.32 Å². The molecule has 4 rings (SSSR count). The quantitative estimate of drug-likeness (QED) is 0.859. The first-order valence-corrected chi connectivity index (χ1v) is 8.43. The third-order valence-electron chi connectivity index (χ3n) is 4.98. The average Bonchev–Trinajstić information content (AvgIpc) is 2.60. The fourth-order valence-corrected chi connectivity index (χ4v) is 3.68. The summed E-state index contributed by atoms with van der Waals surface area (Å²) >= 11 is 0. The fraction of sp³-hybridized carbons (Fsp3) is 0.250. The van der Waals surface area contributed by atoms with E-state index in [2.05, 4.69) is 11.9 Å². The number of allylic oxidation sites excluding steroid dienone is 1. The molecule has 0 bridgehead atoms. The van der Waals surface area contributed by atoms with Crippen molar-refractivity contribution in [1.82, 2.24) is 10.2 Å². The molecule has 5 nitrogen and oxygen atoms in total. The van der Waals surface area contributed by atoms with Crippen molar-refractivity contribution in [3.8, 4) is 0 Å². The van der Waals surface area contributed by atoms with Crippen LogP contribution in [-0.4, -0.2) is 28.7 Å². The molecule has 5 heteroatoms. The lowest BCUT2D eigenvalue weighted by molar-refractivity contribution is -0.125. The van der Waals surface area contributed by atoms with Gasteiger partial charge in [0.25, 0.3) is 11.8 Å². The molecule has 1 atom stereocenters. The van der Waals surface area contributed by atoms with Crippen LogP contribution in [-0.2, 0) is 11.2 Å². The molecule has 0 aromatic heterocycles. The summed E-state index contributed by atoms with van der Waals surface area (Å²) in [6, 6.07) is 8.51. The second kappa shape index (κ2) is 5.55. The van der Waals surface area contributed by atoms with Crippen LogP contribution in [0.2, 0.25) is 0 Å². The fourth-order valence-electron chi connectivity index (χ4n) is 3.68. The number of piperidine rings is 1. The number of imide groups is 1. The molecule has 1 fully saturated rings. The van der Waals surface area contributed by atoms with Gasteiger partial charge in [-0.2, -0.15) is 0 Å². The van der Waals surface area contributed by atoms with Gasteiger partial charge in [-0.25, -0.2) is 0 Å². The van der Waals surface area contributed by atoms with Gasteiger partial charge in [0.05, 0.1) is 0 Å². The van der Waals surface area contributed by atoms with Gasteiger partial charge in [-0.1, -0.05) is 31.7 Å². The minimum Gasteiger partial charge on any atom is -0.329 e. The second-order valence-corrected chi connectivity index (χ2v) is 6.53. The molecule has 1 N–H and O–H groups in total. The number of hydrogen-bond acceptors (Lipinski definition) is 3. The highest BCUT2D eigenvalue weighted by Crippen LogP contribution is 2.33. The number of rotatable bonds is 2. The van der Waals surface area contributed by atoms with Gasteiger partial charge in [0, 0.05) is 22.2 Å². The summed E-state index contributed by atoms with van der Waals surface area (Å²) in [5.74, 6) is -1.14. The van der Waals surface area contributed by atoms with E-state index in [1.807, 2.05) is 31.2 Å². The van der Waals surface area contributed by atoms with E-state index in [1.54, 1.807) is 6.07 Å². The molecular weight excluding hydrogens is 316 g/mol. The van der Waals surface area contributed by atoms with Crippen LogP contribution in [0.4, 0.5) is 0 Å². The van der Waals surface area contributed by atoms with E-state index in [-0.39, 0.29) is 5.91 Å². The Kier molecular flexibility index (Phi) is 3.46. The lowest BCUT2D eigenvalue weighted by Gasteiger charge is -2.35. The molecule has 126 valence electrons. The predicted molar refractivity (Wildman–Crippen MR) is 94.1 cm³/mol. The Balaban J connectivity index is 1.89. The standard InChI is InChI=1S/C20H18N2O3/c1-3-12-9-13-5-4-6-14-17(13)15(10-12)20(25)22(19(14)24)16-8-7-11(2)21-18(16)23/h4-6,9-10,16H,2-3,7-8H2,1H3,(H,21,23). The number of hydrogen-bond donors (Lipinski definition) is 1. The van der Waals surface area contributed by atoms with Gasteiger partial charge >= 0.3 is 0 Å². The minimum absolute atomic E-state index is 0.347. The van der Waals surface area contributed by atoms with Crippen LogP contribution in [0.25, 0.3) is 10.8 Å². The van der Waals surface area contributed by atoms with Gasteiger partial charge in [-0.15, -0.1) is 0 Å². The molecular formula is C20H18N2O3. The number of aryl methyl sites for hydroxylation is 1. The Morgan fingerprint density at radius 3 is 2.64 bits per heavy atom. The van der Waals surface area contributed by atoms with Crippen LogP contribution in [0.15, 0.2) is 42.6 Å². The van der Waals surface area contributed by atoms with Gasteiger partial charge in [0.1, 0.15) is 6.04 Å². The summed E-state index contributed by atoms with van der Waals surface area (Å²) < 4.78 is 0. The number of carbonyl (C=O) groups excluding carboxylic acids is 3. The topological polar surface area (TPSA) is 66.5 Å². The molecule has 2 heterocycles. The van der Waals surface area contributed by atoms with Gasteiger partial charge in [0.2, 0.25) is 5.91 Å². The van der Waals surface area contributed by atoms with Crippen LogP contribution in [0, 0.1) is 0 Å². The maximum Gasteiger partial charge on any atom is 0.262 e. The lowest BCUT2D eigenvalue weighted by Crippen LogP contribution is -2.55. The highest BCUT2D eigenvalue weighted by atomic mass is 16.2. The average molecular weight is 334 g/mol. The van der Waals surface area contributed by atoms with Gasteiger partial charge < -0.3 is 5.32 Å². The Morgan fingerprint density at radius 2 is 1.92 bits per heavy atom. The first-order valence-electron chi connectivity index (χ1n) is 8.43. The van der Waals surface area contributed by atoms with Gasteiger partial charge in [0.15, 0.2) is 0 Å². The van der Waals surface area contributed by atoms with E-state index in [0.29, 0.717) is 35.1 Å². The number of nitrogens with one attached hydrogen (secondary N) is 1. The molecule has 1 unspecified atom stereocenters. The number of nitrogens with zero attached hydrogens (tertiary/aromatic N) is 1. The highest BCUT2D eigenvalue weighted by molar-refractivity contribution is 6.26. The number of amides is 3. The Bertz CT molecular complexity index is 961. The molecule has 2 aliphatic heterocycles. The summed E-state index contributed by atoms with van der Waals surface area (Å²) in [5.41, 5.74) is 2.63. The number of carbonyl (C=O) groups is 3. The van der Waals surface area contributed by atoms with Crippen molar-refractivity contribution in [3.63, 3.8) is 0 Å². The molecule has 0 aliphatic carbocycles. The molecule has 0 radical (unpaired) electrons. The maximum atomic E-state index is 13.1. The summed E-state index contributed by atoms with van der Waals surface area (Å²) in [4.78, 5) is 39.6. The first-order chi connectivity index (χ1) is 12.0. The Hall–Kier alpha value is -2.95. The van der Waals surface area contributed by atoms with E-state index in [9.17, 15) is 14.4 Å². The Morgan fingerprint density at radius 1 is 1.16 bits per heavy atom. The highest BCUT2D eigenvalue weighted by Gasteiger charge is 2.41. The molecule has 3 amide bonds. The molecule has 0 saturated carbocycles. The smallest absolute Gasteiger partial charge is 0.262 e. The molecule has 0 spiro atoms. The van der Waals surface area contributed by atoms with Crippen molar-refractivity contribution in [1.29, 1.82) is 0 Å². The molecule has 25 heavy (non-hydrogen) atoms. The Labute approximate surface area is 145 Å². The van der Waals surface area contributed by atoms with Crippen molar-refractivity contribution < 1.29 is 14.4 Å². The van der Waals surface area contributed by atoms with Crippen molar-refractivity contribution in [2.75, 3.05) is 0 Å². The van der Waals surface area contributed by atoms with Crippen molar-refractivity contribution in [2.45, 2.75) is 32.2 Å². The third kappa shape index (κ3) is 2.27. The van der Waals surface area contributed by atoms with Crippen molar-refractivity contribution >= 4 is 28.5 Å². The summed E-state index contributed by atoms with van der Waals surface area (Å²) in [6.45, 7) is 5.77. The molecule has 1 saturated heterocycles. The predicted octanol–water partition coefficient (Wildman–Crippen LogP) is 2.79. The van der Waals surface area contributed by atoms with Crippen molar-refractivity contribution in [2.24, 2.45) is 0 Å². The molecule has 2 aromatic carbocycles. The van der Waals surface area contributed by atoms with Crippen LogP contribution in [0.1, 0.15) is 46.0 Å². The van der Waals surface area contributed by atoms with E-state index in [0.717, 1.165) is 22.3 Å². The van der Waals surface area contributed by atoms with Crippen LogP contribution >= 0.6 is 0 Å². The second-order valence-electron chi connectivity index (χ2n) is 6.53. The first kappa shape index (κ1) is 15.6. The van der Waals surface area contributed by atoms with Gasteiger partial charge in [-0.05, 0) is 42.3 Å².